The Morgan fingerprint density at radius 1 is 1.11 bits per heavy atom. The molecule has 0 atom stereocenters. The van der Waals surface area contributed by atoms with Crippen molar-refractivity contribution in [3.8, 4) is 17.1 Å². The Labute approximate surface area is 111 Å². The van der Waals surface area contributed by atoms with E-state index in [1.165, 1.54) is 0 Å². The molecule has 0 amide bonds. The van der Waals surface area contributed by atoms with Crippen molar-refractivity contribution in [2.45, 2.75) is 13.8 Å². The van der Waals surface area contributed by atoms with Crippen molar-refractivity contribution in [2.75, 3.05) is 5.73 Å². The van der Waals surface area contributed by atoms with E-state index in [9.17, 15) is 0 Å². The summed E-state index contributed by atoms with van der Waals surface area (Å²) in [6, 6.07) is 11.8. The van der Waals surface area contributed by atoms with Crippen LogP contribution in [0, 0.1) is 13.8 Å². The van der Waals surface area contributed by atoms with E-state index in [2.05, 4.69) is 5.10 Å². The average Bonchev–Trinajstić information content (AvgIpc) is 2.97. The molecule has 0 aliphatic carbocycles. The second-order valence-corrected chi connectivity index (χ2v) is 4.54. The molecule has 0 saturated carbocycles. The van der Waals surface area contributed by atoms with Gasteiger partial charge in [-0.1, -0.05) is 18.2 Å². The number of aryl methyl sites for hydroxylation is 1. The van der Waals surface area contributed by atoms with Gasteiger partial charge in [0.05, 0.1) is 12.0 Å². The quantitative estimate of drug-likeness (QED) is 0.762. The van der Waals surface area contributed by atoms with Crippen LogP contribution < -0.4 is 5.73 Å². The number of furan rings is 1. The number of anilines is 1. The standard InChI is InChI=1S/C15H15N3O/c1-10-8-9-19-14(10)13-11(2)15(16)18(17-13)12-6-4-3-5-7-12/h3-9H,16H2,1-2H3. The summed E-state index contributed by atoms with van der Waals surface area (Å²) in [6.45, 7) is 3.95. The van der Waals surface area contributed by atoms with Gasteiger partial charge in [0.15, 0.2) is 5.76 Å². The molecule has 1 aromatic carbocycles. The van der Waals surface area contributed by atoms with Crippen LogP contribution in [-0.4, -0.2) is 9.78 Å². The molecule has 0 radical (unpaired) electrons. The lowest BCUT2D eigenvalue weighted by molar-refractivity contribution is 0.577. The molecule has 2 N–H and O–H groups in total. The van der Waals surface area contributed by atoms with Gasteiger partial charge in [-0.2, -0.15) is 5.10 Å². The number of aromatic nitrogens is 2. The second kappa shape index (κ2) is 4.31. The molecule has 0 spiro atoms. The van der Waals surface area contributed by atoms with Gasteiger partial charge in [-0.05, 0) is 37.6 Å². The van der Waals surface area contributed by atoms with Gasteiger partial charge < -0.3 is 10.2 Å². The van der Waals surface area contributed by atoms with E-state index in [-0.39, 0.29) is 0 Å². The molecule has 4 heteroatoms. The Kier molecular flexibility index (Phi) is 2.63. The summed E-state index contributed by atoms with van der Waals surface area (Å²) in [7, 11) is 0. The first-order chi connectivity index (χ1) is 9.18. The van der Waals surface area contributed by atoms with Gasteiger partial charge in [0.25, 0.3) is 0 Å². The van der Waals surface area contributed by atoms with Crippen molar-refractivity contribution in [1.29, 1.82) is 0 Å². The summed E-state index contributed by atoms with van der Waals surface area (Å²) in [5.74, 6) is 1.41. The van der Waals surface area contributed by atoms with Crippen molar-refractivity contribution in [1.82, 2.24) is 9.78 Å². The molecule has 0 aliphatic heterocycles. The maximum atomic E-state index is 6.15. The van der Waals surface area contributed by atoms with Gasteiger partial charge in [-0.15, -0.1) is 0 Å². The van der Waals surface area contributed by atoms with E-state index in [0.717, 1.165) is 28.3 Å². The minimum Gasteiger partial charge on any atom is -0.462 e. The summed E-state index contributed by atoms with van der Waals surface area (Å²) in [5.41, 5.74) is 9.88. The lowest BCUT2D eigenvalue weighted by Gasteiger charge is -2.02. The third-order valence-electron chi connectivity index (χ3n) is 3.25. The third kappa shape index (κ3) is 1.81. The maximum Gasteiger partial charge on any atom is 0.157 e. The van der Waals surface area contributed by atoms with Crippen molar-refractivity contribution in [3.05, 3.63) is 53.8 Å². The monoisotopic (exact) mass is 253 g/mol. The zero-order chi connectivity index (χ0) is 13.4. The molecule has 3 aromatic rings. The number of hydrogen-bond donors (Lipinski definition) is 1. The van der Waals surface area contributed by atoms with E-state index in [0.29, 0.717) is 5.82 Å². The SMILES string of the molecule is Cc1ccoc1-c1nn(-c2ccccc2)c(N)c1C. The summed E-state index contributed by atoms with van der Waals surface area (Å²) < 4.78 is 7.25. The number of benzene rings is 1. The van der Waals surface area contributed by atoms with Crippen LogP contribution >= 0.6 is 0 Å². The summed E-state index contributed by atoms with van der Waals surface area (Å²) in [4.78, 5) is 0. The van der Waals surface area contributed by atoms with Crippen LogP contribution in [0.2, 0.25) is 0 Å². The second-order valence-electron chi connectivity index (χ2n) is 4.54. The zero-order valence-corrected chi connectivity index (χ0v) is 10.9. The molecule has 2 heterocycles. The van der Waals surface area contributed by atoms with Crippen LogP contribution in [0.1, 0.15) is 11.1 Å². The number of nitrogen functional groups attached to an aromatic ring is 1. The minimum absolute atomic E-state index is 0.636. The van der Waals surface area contributed by atoms with Crippen molar-refractivity contribution in [2.24, 2.45) is 0 Å². The van der Waals surface area contributed by atoms with Gasteiger partial charge in [-0.25, -0.2) is 4.68 Å². The van der Waals surface area contributed by atoms with E-state index in [4.69, 9.17) is 10.2 Å². The Morgan fingerprint density at radius 2 is 1.84 bits per heavy atom. The van der Waals surface area contributed by atoms with E-state index in [1.807, 2.05) is 50.2 Å². The first kappa shape index (κ1) is 11.6. The van der Waals surface area contributed by atoms with Crippen molar-refractivity contribution < 1.29 is 4.42 Å². The number of para-hydroxylation sites is 1. The van der Waals surface area contributed by atoms with Crippen LogP contribution in [0.4, 0.5) is 5.82 Å². The van der Waals surface area contributed by atoms with Crippen LogP contribution in [0.25, 0.3) is 17.1 Å². The Bertz CT molecular complexity index is 710. The highest BCUT2D eigenvalue weighted by Gasteiger charge is 2.18. The molecule has 2 aromatic heterocycles. The van der Waals surface area contributed by atoms with Gasteiger partial charge in [0.2, 0.25) is 0 Å². The molecule has 0 bridgehead atoms. The molecule has 19 heavy (non-hydrogen) atoms. The van der Waals surface area contributed by atoms with Crippen LogP contribution in [0.5, 0.6) is 0 Å². The van der Waals surface area contributed by atoms with Gasteiger partial charge in [-0.3, -0.25) is 0 Å². The third-order valence-corrected chi connectivity index (χ3v) is 3.25. The molecule has 0 saturated heterocycles. The molecule has 0 unspecified atom stereocenters. The summed E-state index contributed by atoms with van der Waals surface area (Å²) in [5, 5.41) is 4.58. The normalized spacial score (nSPS) is 10.8. The first-order valence-electron chi connectivity index (χ1n) is 6.13. The Morgan fingerprint density at radius 3 is 2.47 bits per heavy atom. The predicted octanol–water partition coefficient (Wildman–Crippen LogP) is 3.33. The van der Waals surface area contributed by atoms with E-state index in [1.54, 1.807) is 10.9 Å². The average molecular weight is 253 g/mol. The topological polar surface area (TPSA) is 57.0 Å². The fraction of sp³-hybridized carbons (Fsp3) is 0.133. The van der Waals surface area contributed by atoms with E-state index < -0.39 is 0 Å². The molecule has 0 fully saturated rings. The van der Waals surface area contributed by atoms with Crippen LogP contribution in [0.3, 0.4) is 0 Å². The van der Waals surface area contributed by atoms with Crippen LogP contribution in [-0.2, 0) is 0 Å². The lowest BCUT2D eigenvalue weighted by atomic mass is 10.1. The number of rotatable bonds is 2. The number of nitrogens with two attached hydrogens (primary N) is 1. The maximum absolute atomic E-state index is 6.15. The highest BCUT2D eigenvalue weighted by atomic mass is 16.3. The molecular formula is C15H15N3O. The van der Waals surface area contributed by atoms with Gasteiger partial charge in [0, 0.05) is 5.56 Å². The van der Waals surface area contributed by atoms with Gasteiger partial charge in [0.1, 0.15) is 11.5 Å². The van der Waals surface area contributed by atoms with E-state index >= 15 is 0 Å². The number of hydrogen-bond acceptors (Lipinski definition) is 3. The Balaban J connectivity index is 2.18. The smallest absolute Gasteiger partial charge is 0.157 e. The molecule has 3 rings (SSSR count). The molecule has 96 valence electrons. The van der Waals surface area contributed by atoms with Gasteiger partial charge >= 0.3 is 0 Å². The highest BCUT2D eigenvalue weighted by molar-refractivity contribution is 5.67. The van der Waals surface area contributed by atoms with Crippen LogP contribution in [0.15, 0.2) is 47.1 Å². The number of nitrogens with zero attached hydrogens (tertiary/aromatic N) is 2. The first-order valence-corrected chi connectivity index (χ1v) is 6.13. The fourth-order valence-corrected chi connectivity index (χ4v) is 2.11. The molecule has 4 nitrogen and oxygen atoms in total. The van der Waals surface area contributed by atoms with Crippen molar-refractivity contribution >= 4 is 5.82 Å². The minimum atomic E-state index is 0.636. The molecular weight excluding hydrogens is 238 g/mol. The lowest BCUT2D eigenvalue weighted by Crippen LogP contribution is -2.01. The summed E-state index contributed by atoms with van der Waals surface area (Å²) >= 11 is 0. The largest absolute Gasteiger partial charge is 0.462 e. The molecule has 0 aliphatic rings. The predicted molar refractivity (Wildman–Crippen MR) is 75.2 cm³/mol. The summed E-state index contributed by atoms with van der Waals surface area (Å²) in [6.07, 6.45) is 1.67. The Hall–Kier alpha value is -2.49. The zero-order valence-electron chi connectivity index (χ0n) is 10.9. The highest BCUT2D eigenvalue weighted by Crippen LogP contribution is 2.30. The fourth-order valence-electron chi connectivity index (χ4n) is 2.11. The van der Waals surface area contributed by atoms with Crippen molar-refractivity contribution in [3.63, 3.8) is 0 Å².